The molecule has 0 unspecified atom stereocenters. The van der Waals surface area contributed by atoms with Crippen molar-refractivity contribution in [1.29, 1.82) is 0 Å². The van der Waals surface area contributed by atoms with Crippen molar-refractivity contribution in [3.05, 3.63) is 60.2 Å². The number of hydrogen-bond acceptors (Lipinski definition) is 7. The number of nitrogens with one attached hydrogen (secondary N) is 2. The number of benzene rings is 2. The van der Waals surface area contributed by atoms with E-state index in [0.717, 1.165) is 5.56 Å². The van der Waals surface area contributed by atoms with E-state index >= 15 is 0 Å². The van der Waals surface area contributed by atoms with E-state index in [1.54, 1.807) is 52.0 Å². The summed E-state index contributed by atoms with van der Waals surface area (Å²) in [7, 11) is 1.26. The Morgan fingerprint density at radius 3 is 2.03 bits per heavy atom. The molecule has 0 aliphatic heterocycles. The molecule has 0 saturated carbocycles. The predicted molar refractivity (Wildman–Crippen MR) is 138 cm³/mol. The largest absolute Gasteiger partial charge is 0.469 e. The van der Waals surface area contributed by atoms with Gasteiger partial charge in [-0.05, 0) is 63.9 Å². The van der Waals surface area contributed by atoms with Crippen LogP contribution in [0, 0.1) is 5.92 Å². The first kappa shape index (κ1) is 29.4. The van der Waals surface area contributed by atoms with Gasteiger partial charge < -0.3 is 24.8 Å². The number of alkyl carbamates (subject to hydrolysis) is 1. The second kappa shape index (κ2) is 13.4. The van der Waals surface area contributed by atoms with Crippen LogP contribution in [-0.4, -0.2) is 48.5 Å². The molecule has 0 bridgehead atoms. The molecule has 0 aromatic heterocycles. The standard InChI is InChI=1S/C28H36N2O7/c1-18(26(33)35-6)16-24(31)23(30-25(32)19(2)29-27(34)37-28(3,4)5)17-20-12-14-22(15-13-20)36-21-10-8-7-9-11-21/h7-15,18-19,23H,16-17H2,1-6H3,(H,29,34)(H,30,32)/t18-,19+,23+/m1/s1. The van der Waals surface area contributed by atoms with Crippen LogP contribution in [0.15, 0.2) is 54.6 Å². The second-order valence-corrected chi connectivity index (χ2v) is 9.79. The highest BCUT2D eigenvalue weighted by molar-refractivity contribution is 5.93. The summed E-state index contributed by atoms with van der Waals surface area (Å²) in [6.07, 6.45) is -0.671. The molecule has 9 heteroatoms. The summed E-state index contributed by atoms with van der Waals surface area (Å²) < 4.78 is 15.7. The van der Waals surface area contributed by atoms with Gasteiger partial charge in [-0.15, -0.1) is 0 Å². The van der Waals surface area contributed by atoms with Crippen LogP contribution in [0.4, 0.5) is 4.79 Å². The number of para-hydroxylation sites is 1. The van der Waals surface area contributed by atoms with Gasteiger partial charge in [0.1, 0.15) is 23.1 Å². The average molecular weight is 513 g/mol. The van der Waals surface area contributed by atoms with E-state index in [0.29, 0.717) is 11.5 Å². The fourth-order valence-electron chi connectivity index (χ4n) is 3.37. The maximum Gasteiger partial charge on any atom is 0.408 e. The first-order chi connectivity index (χ1) is 17.4. The monoisotopic (exact) mass is 512 g/mol. The Bertz CT molecular complexity index is 1060. The second-order valence-electron chi connectivity index (χ2n) is 9.79. The smallest absolute Gasteiger partial charge is 0.408 e. The van der Waals surface area contributed by atoms with E-state index in [-0.39, 0.29) is 18.6 Å². The molecule has 0 fully saturated rings. The molecule has 9 nitrogen and oxygen atoms in total. The lowest BCUT2D eigenvalue weighted by atomic mass is 9.95. The van der Waals surface area contributed by atoms with Gasteiger partial charge in [-0.1, -0.05) is 37.3 Å². The summed E-state index contributed by atoms with van der Waals surface area (Å²) in [5.41, 5.74) is 0.0525. The van der Waals surface area contributed by atoms with Gasteiger partial charge in [-0.2, -0.15) is 0 Å². The van der Waals surface area contributed by atoms with Crippen LogP contribution < -0.4 is 15.4 Å². The minimum absolute atomic E-state index is 0.110. The highest BCUT2D eigenvalue weighted by atomic mass is 16.6. The number of hydrogen-bond donors (Lipinski definition) is 2. The Kier molecular flexibility index (Phi) is 10.7. The minimum Gasteiger partial charge on any atom is -0.469 e. The van der Waals surface area contributed by atoms with E-state index in [1.165, 1.54) is 14.0 Å². The average Bonchev–Trinajstić information content (AvgIpc) is 2.83. The summed E-state index contributed by atoms with van der Waals surface area (Å²) in [6.45, 7) is 8.22. The Hall–Kier alpha value is -3.88. The first-order valence-corrected chi connectivity index (χ1v) is 12.1. The third kappa shape index (κ3) is 10.3. The molecule has 2 N–H and O–H groups in total. The van der Waals surface area contributed by atoms with Gasteiger partial charge in [0.25, 0.3) is 0 Å². The molecule has 2 aromatic carbocycles. The number of carbonyl (C=O) groups excluding carboxylic acids is 4. The Morgan fingerprint density at radius 1 is 0.865 bits per heavy atom. The summed E-state index contributed by atoms with van der Waals surface area (Å²) in [4.78, 5) is 49.8. The highest BCUT2D eigenvalue weighted by Gasteiger charge is 2.28. The third-order valence-electron chi connectivity index (χ3n) is 5.28. The molecule has 2 aromatic rings. The van der Waals surface area contributed by atoms with Crippen molar-refractivity contribution in [1.82, 2.24) is 10.6 Å². The van der Waals surface area contributed by atoms with Crippen molar-refractivity contribution in [2.75, 3.05) is 7.11 Å². The number of carbonyl (C=O) groups is 4. The van der Waals surface area contributed by atoms with Crippen molar-refractivity contribution in [3.63, 3.8) is 0 Å². The fourth-order valence-corrected chi connectivity index (χ4v) is 3.37. The summed E-state index contributed by atoms with van der Waals surface area (Å²) in [6, 6.07) is 14.6. The van der Waals surface area contributed by atoms with Crippen LogP contribution in [0.5, 0.6) is 11.5 Å². The maximum atomic E-state index is 13.1. The number of ketones is 1. The number of amides is 2. The van der Waals surface area contributed by atoms with E-state index in [4.69, 9.17) is 14.2 Å². The molecular weight excluding hydrogens is 476 g/mol. The molecule has 0 saturated heterocycles. The molecule has 0 spiro atoms. The van der Waals surface area contributed by atoms with Crippen LogP contribution in [0.25, 0.3) is 0 Å². The summed E-state index contributed by atoms with van der Waals surface area (Å²) in [5, 5.41) is 5.18. The van der Waals surface area contributed by atoms with Gasteiger partial charge in [0.2, 0.25) is 5.91 Å². The van der Waals surface area contributed by atoms with Gasteiger partial charge in [0.05, 0.1) is 19.1 Å². The van der Waals surface area contributed by atoms with Crippen molar-refractivity contribution in [3.8, 4) is 11.5 Å². The van der Waals surface area contributed by atoms with Gasteiger partial charge >= 0.3 is 12.1 Å². The Balaban J connectivity index is 2.12. The van der Waals surface area contributed by atoms with Crippen LogP contribution in [0.3, 0.4) is 0 Å². The molecule has 3 atom stereocenters. The van der Waals surface area contributed by atoms with E-state index < -0.39 is 41.6 Å². The maximum absolute atomic E-state index is 13.1. The predicted octanol–water partition coefficient (Wildman–Crippen LogP) is 4.19. The normalized spacial score (nSPS) is 13.5. The molecule has 2 rings (SSSR count). The van der Waals surface area contributed by atoms with Gasteiger partial charge in [-0.3, -0.25) is 14.4 Å². The van der Waals surface area contributed by atoms with Crippen LogP contribution in [-0.2, 0) is 30.3 Å². The molecule has 37 heavy (non-hydrogen) atoms. The molecule has 200 valence electrons. The SMILES string of the molecule is COC(=O)[C@H](C)CC(=O)[C@H](Cc1ccc(Oc2ccccc2)cc1)NC(=O)[C@H](C)NC(=O)OC(C)(C)C. The molecular formula is C28H36N2O7. The van der Waals surface area contributed by atoms with Crippen LogP contribution in [0.1, 0.15) is 46.6 Å². The molecule has 0 heterocycles. The van der Waals surface area contributed by atoms with Gasteiger partial charge in [0, 0.05) is 6.42 Å². The quantitative estimate of drug-likeness (QED) is 0.433. The van der Waals surface area contributed by atoms with E-state index in [1.807, 2.05) is 30.3 Å². The Labute approximate surface area is 217 Å². The van der Waals surface area contributed by atoms with Crippen molar-refractivity contribution >= 4 is 23.8 Å². The minimum atomic E-state index is -0.954. The van der Waals surface area contributed by atoms with E-state index in [9.17, 15) is 19.2 Å². The lowest BCUT2D eigenvalue weighted by Crippen LogP contribution is -2.52. The third-order valence-corrected chi connectivity index (χ3v) is 5.28. The van der Waals surface area contributed by atoms with Crippen molar-refractivity contribution in [2.24, 2.45) is 5.92 Å². The van der Waals surface area contributed by atoms with Crippen molar-refractivity contribution < 1.29 is 33.4 Å². The molecule has 2 amide bonds. The number of methoxy groups -OCH3 is 1. The zero-order valence-corrected chi connectivity index (χ0v) is 22.2. The van der Waals surface area contributed by atoms with Gasteiger partial charge in [0.15, 0.2) is 5.78 Å². The number of rotatable bonds is 11. The molecule has 0 radical (unpaired) electrons. The first-order valence-electron chi connectivity index (χ1n) is 12.1. The summed E-state index contributed by atoms with van der Waals surface area (Å²) >= 11 is 0. The van der Waals surface area contributed by atoms with Crippen molar-refractivity contribution in [2.45, 2.75) is 65.1 Å². The molecule has 0 aliphatic rings. The van der Waals surface area contributed by atoms with Crippen LogP contribution in [0.2, 0.25) is 0 Å². The van der Waals surface area contributed by atoms with E-state index in [2.05, 4.69) is 10.6 Å². The lowest BCUT2D eigenvalue weighted by Gasteiger charge is -2.24. The van der Waals surface area contributed by atoms with Gasteiger partial charge in [-0.25, -0.2) is 4.79 Å². The zero-order chi connectivity index (χ0) is 27.6. The topological polar surface area (TPSA) is 120 Å². The highest BCUT2D eigenvalue weighted by Crippen LogP contribution is 2.22. The number of Topliss-reactive ketones (excluding diaryl/α,β-unsaturated/α-hetero) is 1. The molecule has 0 aliphatic carbocycles. The summed E-state index contributed by atoms with van der Waals surface area (Å²) in [5.74, 6) is -0.758. The fraction of sp³-hybridized carbons (Fsp3) is 0.429. The number of esters is 1. The van der Waals surface area contributed by atoms with Crippen LogP contribution >= 0.6 is 0 Å². The number of ether oxygens (including phenoxy) is 3. The lowest BCUT2D eigenvalue weighted by molar-refractivity contribution is -0.146. The zero-order valence-electron chi connectivity index (χ0n) is 22.2. The Morgan fingerprint density at radius 2 is 1.46 bits per heavy atom.